The number of piperazine rings is 1. The first-order chi connectivity index (χ1) is 13.0. The summed E-state index contributed by atoms with van der Waals surface area (Å²) >= 11 is 0. The van der Waals surface area contributed by atoms with E-state index in [0.717, 1.165) is 5.56 Å². The SMILES string of the molecule is COc1ccc(OC)c(S(=O)(=O)N2CCNCC2c2ccccc2OC)c1. The molecule has 1 N–H and O–H groups in total. The maximum absolute atomic E-state index is 13.5. The third-order valence-corrected chi connectivity index (χ3v) is 6.58. The Morgan fingerprint density at radius 1 is 1.00 bits per heavy atom. The van der Waals surface area contributed by atoms with E-state index in [-0.39, 0.29) is 10.6 Å². The van der Waals surface area contributed by atoms with Gasteiger partial charge in [-0.1, -0.05) is 18.2 Å². The van der Waals surface area contributed by atoms with Crippen LogP contribution in [0.3, 0.4) is 0 Å². The van der Waals surface area contributed by atoms with Gasteiger partial charge in [0.15, 0.2) is 0 Å². The van der Waals surface area contributed by atoms with Crippen molar-refractivity contribution in [1.29, 1.82) is 0 Å². The molecule has 27 heavy (non-hydrogen) atoms. The first kappa shape index (κ1) is 19.5. The fraction of sp³-hybridized carbons (Fsp3) is 0.368. The molecule has 8 heteroatoms. The Balaban J connectivity index is 2.09. The number of nitrogens with one attached hydrogen (secondary N) is 1. The fourth-order valence-corrected chi connectivity index (χ4v) is 5.07. The molecule has 0 aromatic heterocycles. The molecule has 7 nitrogen and oxygen atoms in total. The number of sulfonamides is 1. The van der Waals surface area contributed by atoms with Crippen molar-refractivity contribution in [2.24, 2.45) is 0 Å². The predicted molar refractivity (Wildman–Crippen MR) is 102 cm³/mol. The minimum Gasteiger partial charge on any atom is -0.497 e. The molecule has 0 spiro atoms. The molecule has 0 amide bonds. The topological polar surface area (TPSA) is 77.1 Å². The van der Waals surface area contributed by atoms with Crippen LogP contribution in [0.1, 0.15) is 11.6 Å². The molecule has 1 heterocycles. The molecule has 0 saturated carbocycles. The zero-order valence-corrected chi connectivity index (χ0v) is 16.5. The largest absolute Gasteiger partial charge is 0.497 e. The van der Waals surface area contributed by atoms with Crippen LogP contribution in [-0.4, -0.2) is 53.7 Å². The van der Waals surface area contributed by atoms with Crippen molar-refractivity contribution in [1.82, 2.24) is 9.62 Å². The Labute approximate surface area is 159 Å². The zero-order chi connectivity index (χ0) is 19.4. The van der Waals surface area contributed by atoms with Gasteiger partial charge in [-0.15, -0.1) is 0 Å². The predicted octanol–water partition coefficient (Wildman–Crippen LogP) is 2.05. The summed E-state index contributed by atoms with van der Waals surface area (Å²) in [6, 6.07) is 11.8. The van der Waals surface area contributed by atoms with Gasteiger partial charge in [0.2, 0.25) is 10.0 Å². The van der Waals surface area contributed by atoms with Crippen LogP contribution in [0.25, 0.3) is 0 Å². The zero-order valence-electron chi connectivity index (χ0n) is 15.6. The van der Waals surface area contributed by atoms with Gasteiger partial charge in [0, 0.05) is 31.3 Å². The highest BCUT2D eigenvalue weighted by Crippen LogP contribution is 2.37. The molecule has 1 saturated heterocycles. The first-order valence-electron chi connectivity index (χ1n) is 8.60. The van der Waals surface area contributed by atoms with E-state index in [4.69, 9.17) is 14.2 Å². The monoisotopic (exact) mass is 392 g/mol. The highest BCUT2D eigenvalue weighted by molar-refractivity contribution is 7.89. The van der Waals surface area contributed by atoms with Crippen molar-refractivity contribution in [3.63, 3.8) is 0 Å². The summed E-state index contributed by atoms with van der Waals surface area (Å²) in [5, 5.41) is 3.27. The molecule has 146 valence electrons. The molecule has 0 bridgehead atoms. The van der Waals surface area contributed by atoms with E-state index in [1.54, 1.807) is 19.2 Å². The Bertz CT molecular complexity index is 901. The molecule has 1 aliphatic rings. The minimum atomic E-state index is -3.83. The summed E-state index contributed by atoms with van der Waals surface area (Å²) in [5.74, 6) is 1.40. The van der Waals surface area contributed by atoms with Gasteiger partial charge < -0.3 is 19.5 Å². The van der Waals surface area contributed by atoms with E-state index >= 15 is 0 Å². The fourth-order valence-electron chi connectivity index (χ4n) is 3.29. The number of ether oxygens (including phenoxy) is 3. The molecule has 3 rings (SSSR count). The van der Waals surface area contributed by atoms with Crippen LogP contribution < -0.4 is 19.5 Å². The van der Waals surface area contributed by atoms with Gasteiger partial charge in [-0.2, -0.15) is 4.31 Å². The summed E-state index contributed by atoms with van der Waals surface area (Å²) in [7, 11) is 0.711. The number of hydrogen-bond acceptors (Lipinski definition) is 6. The molecular formula is C19H24N2O5S. The summed E-state index contributed by atoms with van der Waals surface area (Å²) < 4.78 is 44.6. The normalized spacial score (nSPS) is 18.1. The van der Waals surface area contributed by atoms with Gasteiger partial charge in [0.25, 0.3) is 0 Å². The maximum Gasteiger partial charge on any atom is 0.247 e. The van der Waals surface area contributed by atoms with E-state index in [9.17, 15) is 8.42 Å². The van der Waals surface area contributed by atoms with Crippen LogP contribution >= 0.6 is 0 Å². The van der Waals surface area contributed by atoms with E-state index in [2.05, 4.69) is 5.32 Å². The van der Waals surface area contributed by atoms with E-state index in [0.29, 0.717) is 31.1 Å². The minimum absolute atomic E-state index is 0.0890. The lowest BCUT2D eigenvalue weighted by atomic mass is 10.0. The van der Waals surface area contributed by atoms with Crippen LogP contribution in [0.4, 0.5) is 0 Å². The van der Waals surface area contributed by atoms with Crippen LogP contribution in [-0.2, 0) is 10.0 Å². The van der Waals surface area contributed by atoms with Gasteiger partial charge in [-0.05, 0) is 18.2 Å². The van der Waals surface area contributed by atoms with Crippen LogP contribution in [0.15, 0.2) is 47.4 Å². The number of para-hydroxylation sites is 1. The molecule has 1 fully saturated rings. The molecule has 1 atom stereocenters. The lowest BCUT2D eigenvalue weighted by molar-refractivity contribution is 0.263. The highest BCUT2D eigenvalue weighted by atomic mass is 32.2. The van der Waals surface area contributed by atoms with Gasteiger partial charge in [-0.3, -0.25) is 0 Å². The number of hydrogen-bond donors (Lipinski definition) is 1. The van der Waals surface area contributed by atoms with Crippen LogP contribution in [0.5, 0.6) is 17.2 Å². The van der Waals surface area contributed by atoms with Gasteiger partial charge in [0.05, 0.1) is 27.4 Å². The molecule has 2 aromatic carbocycles. The van der Waals surface area contributed by atoms with E-state index < -0.39 is 16.1 Å². The summed E-state index contributed by atoms with van der Waals surface area (Å²) in [6.45, 7) is 1.40. The molecule has 0 aliphatic carbocycles. The van der Waals surface area contributed by atoms with Crippen LogP contribution in [0, 0.1) is 0 Å². The summed E-state index contributed by atoms with van der Waals surface area (Å²) in [6.07, 6.45) is 0. The van der Waals surface area contributed by atoms with E-state index in [1.165, 1.54) is 24.6 Å². The van der Waals surface area contributed by atoms with Crippen molar-refractivity contribution in [2.75, 3.05) is 41.0 Å². The average molecular weight is 392 g/mol. The van der Waals surface area contributed by atoms with Gasteiger partial charge in [0.1, 0.15) is 22.1 Å². The second-order valence-electron chi connectivity index (χ2n) is 6.09. The second-order valence-corrected chi connectivity index (χ2v) is 7.95. The lowest BCUT2D eigenvalue weighted by Gasteiger charge is -2.36. The van der Waals surface area contributed by atoms with Crippen molar-refractivity contribution in [3.05, 3.63) is 48.0 Å². The van der Waals surface area contributed by atoms with Crippen molar-refractivity contribution in [2.45, 2.75) is 10.9 Å². The molecule has 2 aromatic rings. The molecular weight excluding hydrogens is 368 g/mol. The van der Waals surface area contributed by atoms with Crippen molar-refractivity contribution < 1.29 is 22.6 Å². The van der Waals surface area contributed by atoms with Gasteiger partial charge >= 0.3 is 0 Å². The van der Waals surface area contributed by atoms with Crippen molar-refractivity contribution >= 4 is 10.0 Å². The Kier molecular flexibility index (Phi) is 5.88. The molecule has 0 radical (unpaired) electrons. The quantitative estimate of drug-likeness (QED) is 0.811. The average Bonchev–Trinajstić information content (AvgIpc) is 2.73. The van der Waals surface area contributed by atoms with Crippen LogP contribution in [0.2, 0.25) is 0 Å². The standard InChI is InChI=1S/C19H24N2O5S/c1-24-14-8-9-18(26-3)19(12-14)27(22,23)21-11-10-20-13-16(21)15-6-4-5-7-17(15)25-2/h4-9,12,16,20H,10-11,13H2,1-3H3. The Hall–Kier alpha value is -2.29. The third-order valence-electron chi connectivity index (χ3n) is 4.65. The summed E-state index contributed by atoms with van der Waals surface area (Å²) in [4.78, 5) is 0.0890. The van der Waals surface area contributed by atoms with E-state index in [1.807, 2.05) is 24.3 Å². The summed E-state index contributed by atoms with van der Waals surface area (Å²) in [5.41, 5.74) is 0.817. The lowest BCUT2D eigenvalue weighted by Crippen LogP contribution is -2.48. The Morgan fingerprint density at radius 3 is 2.44 bits per heavy atom. The number of rotatable bonds is 6. The third kappa shape index (κ3) is 3.73. The number of benzene rings is 2. The maximum atomic E-state index is 13.5. The first-order valence-corrected chi connectivity index (χ1v) is 10.0. The van der Waals surface area contributed by atoms with Gasteiger partial charge in [-0.25, -0.2) is 8.42 Å². The molecule has 1 aliphatic heterocycles. The second kappa shape index (κ2) is 8.16. The highest BCUT2D eigenvalue weighted by Gasteiger charge is 2.37. The number of methoxy groups -OCH3 is 3. The number of nitrogens with zero attached hydrogens (tertiary/aromatic N) is 1. The smallest absolute Gasteiger partial charge is 0.247 e. The Morgan fingerprint density at radius 2 is 1.74 bits per heavy atom. The van der Waals surface area contributed by atoms with Crippen molar-refractivity contribution in [3.8, 4) is 17.2 Å². The molecule has 1 unspecified atom stereocenters.